The Balaban J connectivity index is 2.49. The largest absolute Gasteiger partial charge is 0.390 e. The Morgan fingerprint density at radius 3 is 2.67 bits per heavy atom. The third kappa shape index (κ3) is 2.51. The summed E-state index contributed by atoms with van der Waals surface area (Å²) in [7, 11) is 0. The summed E-state index contributed by atoms with van der Waals surface area (Å²) in [4.78, 5) is 0. The van der Waals surface area contributed by atoms with Crippen LogP contribution in [-0.2, 0) is 13.0 Å². The second-order valence-electron chi connectivity index (χ2n) is 3.90. The third-order valence-corrected chi connectivity index (χ3v) is 3.37. The Morgan fingerprint density at radius 2 is 2.06 bits per heavy atom. The molecule has 1 aromatic carbocycles. The van der Waals surface area contributed by atoms with Crippen molar-refractivity contribution in [2.45, 2.75) is 26.4 Å². The number of aromatic nitrogens is 3. The van der Waals surface area contributed by atoms with E-state index >= 15 is 0 Å². The second-order valence-corrected chi connectivity index (χ2v) is 4.72. The molecule has 96 valence electrons. The summed E-state index contributed by atoms with van der Waals surface area (Å²) in [5, 5.41) is 18.2. The first-order chi connectivity index (χ1) is 8.67. The number of halogens is 2. The molecule has 0 spiro atoms. The van der Waals surface area contributed by atoms with E-state index in [0.29, 0.717) is 15.7 Å². The summed E-state index contributed by atoms with van der Waals surface area (Å²) in [5.41, 5.74) is 2.29. The lowest BCUT2D eigenvalue weighted by Crippen LogP contribution is -2.03. The molecule has 0 unspecified atom stereocenters. The molecule has 0 radical (unpaired) electrons. The fourth-order valence-corrected chi connectivity index (χ4v) is 2.06. The summed E-state index contributed by atoms with van der Waals surface area (Å²) in [6.07, 6.45) is 1.74. The third-order valence-electron chi connectivity index (χ3n) is 2.63. The fourth-order valence-electron chi connectivity index (χ4n) is 1.77. The molecule has 4 nitrogen and oxygen atoms in total. The van der Waals surface area contributed by atoms with Crippen molar-refractivity contribution in [1.29, 1.82) is 0 Å². The van der Waals surface area contributed by atoms with Crippen molar-refractivity contribution < 1.29 is 5.11 Å². The van der Waals surface area contributed by atoms with Crippen LogP contribution in [0.5, 0.6) is 0 Å². The predicted octanol–water partition coefficient (Wildman–Crippen LogP) is 3.02. The molecule has 0 fully saturated rings. The summed E-state index contributed by atoms with van der Waals surface area (Å²) in [5.74, 6) is 0. The molecule has 0 aliphatic heterocycles. The van der Waals surface area contributed by atoms with Gasteiger partial charge in [-0.25, -0.2) is 4.68 Å². The first kappa shape index (κ1) is 13.3. The fraction of sp³-hybridized carbons (Fsp3) is 0.333. The zero-order valence-corrected chi connectivity index (χ0v) is 11.4. The van der Waals surface area contributed by atoms with Crippen molar-refractivity contribution >= 4 is 23.2 Å². The van der Waals surface area contributed by atoms with Gasteiger partial charge in [0.2, 0.25) is 0 Å². The quantitative estimate of drug-likeness (QED) is 0.940. The summed E-state index contributed by atoms with van der Waals surface area (Å²) >= 11 is 11.9. The topological polar surface area (TPSA) is 50.9 Å². The molecule has 0 saturated heterocycles. The van der Waals surface area contributed by atoms with Gasteiger partial charge >= 0.3 is 0 Å². The molecule has 1 aromatic heterocycles. The number of nitrogens with zero attached hydrogens (tertiary/aromatic N) is 3. The van der Waals surface area contributed by atoms with E-state index in [1.807, 2.05) is 6.07 Å². The predicted molar refractivity (Wildman–Crippen MR) is 71.3 cm³/mol. The Kier molecular flexibility index (Phi) is 4.22. The molecular weight excluding hydrogens is 273 g/mol. The van der Waals surface area contributed by atoms with Gasteiger partial charge in [0.25, 0.3) is 0 Å². The molecule has 6 heteroatoms. The van der Waals surface area contributed by atoms with E-state index in [1.165, 1.54) is 0 Å². The van der Waals surface area contributed by atoms with Gasteiger partial charge in [-0.05, 0) is 24.6 Å². The van der Waals surface area contributed by atoms with Gasteiger partial charge in [0.15, 0.2) is 0 Å². The van der Waals surface area contributed by atoms with Gasteiger partial charge in [0.1, 0.15) is 5.69 Å². The van der Waals surface area contributed by atoms with Gasteiger partial charge in [0.05, 0.1) is 28.0 Å². The van der Waals surface area contributed by atoms with Crippen LogP contribution in [0.1, 0.15) is 24.7 Å². The Hall–Kier alpha value is -1.10. The van der Waals surface area contributed by atoms with Gasteiger partial charge < -0.3 is 5.11 Å². The summed E-state index contributed by atoms with van der Waals surface area (Å²) in [6, 6.07) is 5.28. The number of hydrogen-bond acceptors (Lipinski definition) is 3. The smallest absolute Gasteiger partial charge is 0.112 e. The van der Waals surface area contributed by atoms with Crippen LogP contribution in [0.2, 0.25) is 10.0 Å². The molecule has 2 rings (SSSR count). The maximum Gasteiger partial charge on any atom is 0.112 e. The Bertz CT molecular complexity index is 554. The number of benzene rings is 1. The Morgan fingerprint density at radius 1 is 1.28 bits per heavy atom. The first-order valence-electron chi connectivity index (χ1n) is 5.67. The van der Waals surface area contributed by atoms with E-state index in [9.17, 15) is 5.11 Å². The molecule has 18 heavy (non-hydrogen) atoms. The van der Waals surface area contributed by atoms with Gasteiger partial charge in [-0.2, -0.15) is 0 Å². The van der Waals surface area contributed by atoms with Gasteiger partial charge in [0, 0.05) is 0 Å². The highest BCUT2D eigenvalue weighted by Crippen LogP contribution is 2.25. The van der Waals surface area contributed by atoms with Crippen molar-refractivity contribution in [1.82, 2.24) is 15.0 Å². The normalized spacial score (nSPS) is 10.9. The van der Waals surface area contributed by atoms with Crippen molar-refractivity contribution in [3.8, 4) is 5.69 Å². The molecule has 0 saturated carbocycles. The number of aliphatic hydroxyl groups is 1. The van der Waals surface area contributed by atoms with Gasteiger partial charge in [-0.1, -0.05) is 41.8 Å². The number of aliphatic hydroxyl groups excluding tert-OH is 1. The van der Waals surface area contributed by atoms with Crippen molar-refractivity contribution in [3.63, 3.8) is 0 Å². The molecule has 0 aliphatic rings. The average molecular weight is 286 g/mol. The highest BCUT2D eigenvalue weighted by Gasteiger charge is 2.13. The van der Waals surface area contributed by atoms with Gasteiger partial charge in [-0.3, -0.25) is 0 Å². The molecule has 0 bridgehead atoms. The van der Waals surface area contributed by atoms with E-state index in [1.54, 1.807) is 16.8 Å². The lowest BCUT2D eigenvalue weighted by atomic mass is 10.2. The van der Waals surface area contributed by atoms with Crippen LogP contribution >= 0.6 is 23.2 Å². The maximum atomic E-state index is 9.24. The van der Waals surface area contributed by atoms with E-state index in [2.05, 4.69) is 17.2 Å². The lowest BCUT2D eigenvalue weighted by molar-refractivity contribution is 0.275. The molecule has 1 N–H and O–H groups in total. The van der Waals surface area contributed by atoms with Crippen LogP contribution in [0, 0.1) is 0 Å². The standard InChI is InChI=1S/C12H13Cl2N3O/c1-2-3-12-11(7-18)15-16-17(12)8-4-5-9(13)10(14)6-8/h4-6,18H,2-3,7H2,1H3. The van der Waals surface area contributed by atoms with Crippen LogP contribution in [0.3, 0.4) is 0 Å². The summed E-state index contributed by atoms with van der Waals surface area (Å²) in [6.45, 7) is 1.95. The zero-order chi connectivity index (χ0) is 13.1. The van der Waals surface area contributed by atoms with Gasteiger partial charge in [-0.15, -0.1) is 5.10 Å². The average Bonchev–Trinajstić information content (AvgIpc) is 2.76. The SMILES string of the molecule is CCCc1c(CO)nnn1-c1ccc(Cl)c(Cl)c1. The van der Waals surface area contributed by atoms with Crippen LogP contribution in [0.4, 0.5) is 0 Å². The molecule has 0 atom stereocenters. The van der Waals surface area contributed by atoms with E-state index < -0.39 is 0 Å². The lowest BCUT2D eigenvalue weighted by Gasteiger charge is -2.07. The molecule has 0 amide bonds. The Labute approximate surface area is 115 Å². The van der Waals surface area contributed by atoms with Crippen molar-refractivity contribution in [2.75, 3.05) is 0 Å². The molecular formula is C12H13Cl2N3O. The van der Waals surface area contributed by atoms with E-state index in [0.717, 1.165) is 24.2 Å². The number of hydrogen-bond donors (Lipinski definition) is 1. The van der Waals surface area contributed by atoms with Crippen molar-refractivity contribution in [3.05, 3.63) is 39.6 Å². The minimum atomic E-state index is -0.114. The molecule has 2 aromatic rings. The van der Waals surface area contributed by atoms with Crippen LogP contribution in [0.15, 0.2) is 18.2 Å². The highest BCUT2D eigenvalue weighted by molar-refractivity contribution is 6.42. The minimum Gasteiger partial charge on any atom is -0.390 e. The van der Waals surface area contributed by atoms with E-state index in [-0.39, 0.29) is 6.61 Å². The summed E-state index contributed by atoms with van der Waals surface area (Å²) < 4.78 is 1.69. The molecule has 0 aliphatic carbocycles. The monoisotopic (exact) mass is 285 g/mol. The van der Waals surface area contributed by atoms with Crippen LogP contribution in [0.25, 0.3) is 5.69 Å². The van der Waals surface area contributed by atoms with Crippen molar-refractivity contribution in [2.24, 2.45) is 0 Å². The maximum absolute atomic E-state index is 9.24. The second kappa shape index (κ2) is 5.69. The van der Waals surface area contributed by atoms with Crippen LogP contribution < -0.4 is 0 Å². The molecule has 1 heterocycles. The zero-order valence-electron chi connectivity index (χ0n) is 9.90. The van der Waals surface area contributed by atoms with E-state index in [4.69, 9.17) is 23.2 Å². The minimum absolute atomic E-state index is 0.114. The highest BCUT2D eigenvalue weighted by atomic mass is 35.5. The first-order valence-corrected chi connectivity index (χ1v) is 6.42. The van der Waals surface area contributed by atoms with Crippen LogP contribution in [-0.4, -0.2) is 20.1 Å². The number of rotatable bonds is 4.